The van der Waals surface area contributed by atoms with Crippen LogP contribution >= 0.6 is 13.5 Å². The van der Waals surface area contributed by atoms with Crippen LogP contribution in [0.4, 0.5) is 5.82 Å². The summed E-state index contributed by atoms with van der Waals surface area (Å²) in [6, 6.07) is 15.0. The van der Waals surface area contributed by atoms with Gasteiger partial charge in [0.15, 0.2) is 11.6 Å². The summed E-state index contributed by atoms with van der Waals surface area (Å²) in [5, 5.41) is 26.7. The fraction of sp³-hybridized carbons (Fsp3) is 0.105. The number of hydrogen-bond acceptors (Lipinski definition) is 6. The number of nitrogens with two attached hydrogens (primary N) is 1. The second-order valence-corrected chi connectivity index (χ2v) is 5.60. The summed E-state index contributed by atoms with van der Waals surface area (Å²) in [5.41, 5.74) is 7.99. The molecule has 0 aliphatic heterocycles. The Morgan fingerprint density at radius 3 is 2.44 bits per heavy atom. The van der Waals surface area contributed by atoms with Crippen LogP contribution in [0.2, 0.25) is 0 Å². The molecule has 0 radical (unpaired) electrons. The van der Waals surface area contributed by atoms with Gasteiger partial charge in [0.25, 0.3) is 0 Å². The highest BCUT2D eigenvalue weighted by molar-refractivity contribution is 7.59. The molecule has 0 saturated carbocycles. The summed E-state index contributed by atoms with van der Waals surface area (Å²) in [4.78, 5) is 10.9. The van der Waals surface area contributed by atoms with Crippen molar-refractivity contribution in [2.75, 3.05) is 12.3 Å². The van der Waals surface area contributed by atoms with Crippen LogP contribution in [0.25, 0.3) is 11.3 Å². The number of benzene rings is 2. The van der Waals surface area contributed by atoms with E-state index >= 15 is 0 Å². The number of carbonyl (C=O) groups is 1. The van der Waals surface area contributed by atoms with Crippen molar-refractivity contribution in [2.45, 2.75) is 6.42 Å². The van der Waals surface area contributed by atoms with Crippen molar-refractivity contribution in [1.29, 1.82) is 0 Å². The van der Waals surface area contributed by atoms with Gasteiger partial charge in [0.05, 0.1) is 12.2 Å². The number of phenolic OH excluding ortho intramolecular Hbond substituents is 1. The Labute approximate surface area is 162 Å². The average molecular weight is 385 g/mol. The molecule has 0 fully saturated rings. The van der Waals surface area contributed by atoms with Gasteiger partial charge in [-0.05, 0) is 29.8 Å². The first-order valence-corrected chi connectivity index (χ1v) is 7.91. The first kappa shape index (κ1) is 20.1. The van der Waals surface area contributed by atoms with Crippen LogP contribution in [0.15, 0.2) is 54.6 Å². The molecule has 0 bridgehead atoms. The van der Waals surface area contributed by atoms with E-state index in [4.69, 9.17) is 15.6 Å². The maximum atomic E-state index is 10.9. The first-order valence-electron chi connectivity index (χ1n) is 7.91. The van der Waals surface area contributed by atoms with Gasteiger partial charge in [0.2, 0.25) is 0 Å². The molecule has 0 amide bonds. The first-order chi connectivity index (χ1) is 12.5. The number of aromatic hydroxyl groups is 1. The maximum absolute atomic E-state index is 10.9. The number of nitrogen functional groups attached to an aromatic ring is 1. The summed E-state index contributed by atoms with van der Waals surface area (Å²) in [6.45, 7) is 0.336. The number of para-hydroxylation sites is 1. The third-order valence-corrected chi connectivity index (χ3v) is 3.81. The fourth-order valence-corrected chi connectivity index (χ4v) is 2.41. The molecule has 3 rings (SSSR count). The topological polar surface area (TPSA) is 119 Å². The van der Waals surface area contributed by atoms with E-state index < -0.39 is 5.97 Å². The van der Waals surface area contributed by atoms with Crippen LogP contribution in [-0.4, -0.2) is 33.0 Å². The maximum Gasteiger partial charge on any atom is 0.335 e. The molecule has 7 nitrogen and oxygen atoms in total. The second kappa shape index (κ2) is 8.91. The summed E-state index contributed by atoms with van der Waals surface area (Å²) < 4.78 is 5.69. The Kier molecular flexibility index (Phi) is 6.62. The van der Waals surface area contributed by atoms with E-state index in [1.54, 1.807) is 54.6 Å². The number of aromatic carboxylic acids is 1. The summed E-state index contributed by atoms with van der Waals surface area (Å²) in [6.07, 6.45) is 0.577. The molecule has 0 atom stereocenters. The molecule has 0 saturated heterocycles. The fourth-order valence-electron chi connectivity index (χ4n) is 2.41. The van der Waals surface area contributed by atoms with Gasteiger partial charge in [-0.2, -0.15) is 13.5 Å². The van der Waals surface area contributed by atoms with E-state index in [1.807, 2.05) is 0 Å². The second-order valence-electron chi connectivity index (χ2n) is 5.60. The number of anilines is 1. The van der Waals surface area contributed by atoms with E-state index in [-0.39, 0.29) is 30.6 Å². The van der Waals surface area contributed by atoms with Crippen LogP contribution in [-0.2, 0) is 6.42 Å². The molecular formula is C19H19N3O4S. The lowest BCUT2D eigenvalue weighted by molar-refractivity contribution is 0.0697. The number of carboxylic acids is 1. The van der Waals surface area contributed by atoms with Crippen molar-refractivity contribution in [2.24, 2.45) is 0 Å². The standard InChI is InChI=1S/C19H17N3O4.H2S/c20-18-17(11-15(21-22-18)14-3-1-2-4-16(14)23)26-10-9-12-5-7-13(8-6-12)19(24)25;/h1-8,11,23H,9-10H2,(H2,20,22)(H,24,25);1H2. The van der Waals surface area contributed by atoms with Gasteiger partial charge >= 0.3 is 5.97 Å². The summed E-state index contributed by atoms with van der Waals surface area (Å²) >= 11 is 0. The van der Waals surface area contributed by atoms with E-state index in [0.29, 0.717) is 30.0 Å². The zero-order valence-electron chi connectivity index (χ0n) is 14.3. The number of ether oxygens (including phenoxy) is 1. The monoisotopic (exact) mass is 385 g/mol. The highest BCUT2D eigenvalue weighted by atomic mass is 32.1. The zero-order chi connectivity index (χ0) is 18.5. The van der Waals surface area contributed by atoms with E-state index in [9.17, 15) is 9.90 Å². The quantitative estimate of drug-likeness (QED) is 0.597. The third kappa shape index (κ3) is 4.89. The van der Waals surface area contributed by atoms with Crippen molar-refractivity contribution in [1.82, 2.24) is 10.2 Å². The minimum absolute atomic E-state index is 0. The molecular weight excluding hydrogens is 366 g/mol. The lowest BCUT2D eigenvalue weighted by atomic mass is 10.1. The van der Waals surface area contributed by atoms with Crippen LogP contribution < -0.4 is 10.5 Å². The van der Waals surface area contributed by atoms with Gasteiger partial charge in [-0.25, -0.2) is 4.79 Å². The largest absolute Gasteiger partial charge is 0.507 e. The molecule has 0 aliphatic carbocycles. The predicted octanol–water partition coefficient (Wildman–Crippen LogP) is 2.86. The third-order valence-electron chi connectivity index (χ3n) is 3.81. The van der Waals surface area contributed by atoms with Gasteiger partial charge < -0.3 is 20.7 Å². The number of rotatable bonds is 6. The number of phenols is 1. The van der Waals surface area contributed by atoms with E-state index in [1.165, 1.54) is 0 Å². The molecule has 2 aromatic carbocycles. The highest BCUT2D eigenvalue weighted by Crippen LogP contribution is 2.30. The average Bonchev–Trinajstić information content (AvgIpc) is 2.64. The van der Waals surface area contributed by atoms with Crippen molar-refractivity contribution in [3.8, 4) is 22.8 Å². The molecule has 0 unspecified atom stereocenters. The van der Waals surface area contributed by atoms with Crippen LogP contribution in [0, 0.1) is 0 Å². The molecule has 0 spiro atoms. The number of carboxylic acid groups (broad SMARTS) is 1. The molecule has 140 valence electrons. The number of hydrogen-bond donors (Lipinski definition) is 3. The Hall–Kier alpha value is -3.26. The molecule has 27 heavy (non-hydrogen) atoms. The Balaban J connectivity index is 0.00000261. The summed E-state index contributed by atoms with van der Waals surface area (Å²) in [7, 11) is 0. The minimum Gasteiger partial charge on any atom is -0.507 e. The molecule has 4 N–H and O–H groups in total. The van der Waals surface area contributed by atoms with Gasteiger partial charge in [-0.1, -0.05) is 24.3 Å². The lowest BCUT2D eigenvalue weighted by Crippen LogP contribution is -2.06. The SMILES string of the molecule is Nc1nnc(-c2ccccc2O)cc1OCCc1ccc(C(=O)O)cc1.S. The molecule has 1 aromatic heterocycles. The van der Waals surface area contributed by atoms with Crippen molar-refractivity contribution in [3.63, 3.8) is 0 Å². The van der Waals surface area contributed by atoms with Gasteiger partial charge in [0.1, 0.15) is 11.4 Å². The zero-order valence-corrected chi connectivity index (χ0v) is 15.3. The number of nitrogens with zero attached hydrogens (tertiary/aromatic N) is 2. The number of aromatic nitrogens is 2. The summed E-state index contributed by atoms with van der Waals surface area (Å²) in [5.74, 6) is -0.332. The van der Waals surface area contributed by atoms with Crippen LogP contribution in [0.5, 0.6) is 11.5 Å². The highest BCUT2D eigenvalue weighted by Gasteiger charge is 2.10. The molecule has 3 aromatic rings. The van der Waals surface area contributed by atoms with Crippen molar-refractivity contribution in [3.05, 3.63) is 65.7 Å². The Morgan fingerprint density at radius 1 is 1.07 bits per heavy atom. The van der Waals surface area contributed by atoms with E-state index in [0.717, 1.165) is 5.56 Å². The minimum atomic E-state index is -0.958. The van der Waals surface area contributed by atoms with Crippen molar-refractivity contribution >= 4 is 25.3 Å². The van der Waals surface area contributed by atoms with Crippen molar-refractivity contribution < 1.29 is 19.7 Å². The van der Waals surface area contributed by atoms with Gasteiger partial charge in [-0.15, -0.1) is 10.2 Å². The van der Waals surface area contributed by atoms with Gasteiger partial charge in [0, 0.05) is 18.1 Å². The van der Waals surface area contributed by atoms with Crippen LogP contribution in [0.1, 0.15) is 15.9 Å². The lowest BCUT2D eigenvalue weighted by Gasteiger charge is -2.10. The molecule has 1 heterocycles. The smallest absolute Gasteiger partial charge is 0.335 e. The van der Waals surface area contributed by atoms with Crippen LogP contribution in [0.3, 0.4) is 0 Å². The van der Waals surface area contributed by atoms with E-state index in [2.05, 4.69) is 10.2 Å². The normalized spacial score (nSPS) is 10.1. The predicted molar refractivity (Wildman–Crippen MR) is 107 cm³/mol. The Morgan fingerprint density at radius 2 is 1.78 bits per heavy atom. The molecule has 0 aliphatic rings. The molecule has 8 heteroatoms. The van der Waals surface area contributed by atoms with Gasteiger partial charge in [-0.3, -0.25) is 0 Å². The Bertz CT molecular complexity index is 932.